The molecule has 3 N–H and O–H groups in total. The van der Waals surface area contributed by atoms with Crippen molar-refractivity contribution < 1.29 is 15.3 Å². The van der Waals surface area contributed by atoms with Gasteiger partial charge in [-0.3, -0.25) is 0 Å². The molecule has 0 aromatic carbocycles. The van der Waals surface area contributed by atoms with Crippen LogP contribution in [0.2, 0.25) is 0 Å². The molecule has 0 aliphatic heterocycles. The Bertz CT molecular complexity index is 170. The monoisotopic (exact) mass is 160 g/mol. The van der Waals surface area contributed by atoms with Crippen molar-refractivity contribution in [3.8, 4) is 0 Å². The van der Waals surface area contributed by atoms with Gasteiger partial charge in [0.1, 0.15) is 6.10 Å². The molecule has 0 heterocycles. The Kier molecular flexibility index (Phi) is 5.53. The Morgan fingerprint density at radius 2 is 1.82 bits per heavy atom. The average Bonchev–Trinajstić information content (AvgIpc) is 1.83. The molecule has 0 saturated carbocycles. The molecule has 0 aromatic heterocycles. The minimum absolute atomic E-state index is 0. The van der Waals surface area contributed by atoms with E-state index in [2.05, 4.69) is 0 Å². The fourth-order valence-electron chi connectivity index (χ4n) is 0.676. The highest BCUT2D eigenvalue weighted by Crippen LogP contribution is 2.14. The van der Waals surface area contributed by atoms with Crippen LogP contribution in [0.15, 0.2) is 23.7 Å². The molecule has 0 amide bonds. The number of aliphatic hydroxyl groups excluding tert-OH is 3. The Labute approximate surface area is 67.3 Å². The first kappa shape index (κ1) is 12.7. The van der Waals surface area contributed by atoms with Crippen LogP contribution in [0.25, 0.3) is 0 Å². The lowest BCUT2D eigenvalue weighted by Crippen LogP contribution is -2.13. The minimum atomic E-state index is -0.921. The van der Waals surface area contributed by atoms with Gasteiger partial charge in [-0.2, -0.15) is 0 Å². The maximum Gasteiger partial charge on any atom is 0.163 e. The van der Waals surface area contributed by atoms with Crippen LogP contribution in [0.3, 0.4) is 0 Å². The molecule has 0 radical (unpaired) electrons. The van der Waals surface area contributed by atoms with Gasteiger partial charge in [-0.15, -0.1) is 0 Å². The van der Waals surface area contributed by atoms with Crippen LogP contribution < -0.4 is 0 Å². The van der Waals surface area contributed by atoms with E-state index in [0.29, 0.717) is 6.42 Å². The molecule has 3 heteroatoms. The van der Waals surface area contributed by atoms with E-state index in [1.165, 1.54) is 6.08 Å². The zero-order valence-corrected chi connectivity index (χ0v) is 4.78. The number of rotatable bonds is 0. The lowest BCUT2D eigenvalue weighted by molar-refractivity contribution is 0.140. The molecule has 1 aliphatic carbocycles. The van der Waals surface area contributed by atoms with E-state index >= 15 is 0 Å². The highest BCUT2D eigenvalue weighted by atomic mass is 16.3. The summed E-state index contributed by atoms with van der Waals surface area (Å²) >= 11 is 0. The van der Waals surface area contributed by atoms with Gasteiger partial charge in [-0.1, -0.05) is 20.9 Å². The Balaban J connectivity index is 0. The Morgan fingerprint density at radius 1 is 1.27 bits per heavy atom. The van der Waals surface area contributed by atoms with Gasteiger partial charge in [0.25, 0.3) is 0 Å². The predicted octanol–water partition coefficient (Wildman–Crippen LogP) is 1.91. The molecular formula is C8H16O3. The van der Waals surface area contributed by atoms with Gasteiger partial charge < -0.3 is 15.3 Å². The van der Waals surface area contributed by atoms with E-state index in [4.69, 9.17) is 15.3 Å². The first-order valence-electron chi connectivity index (χ1n) is 2.68. The molecule has 0 fully saturated rings. The molecule has 66 valence electrons. The van der Waals surface area contributed by atoms with Crippen molar-refractivity contribution in [2.75, 3.05) is 0 Å². The molecule has 0 bridgehead atoms. The number of hydrogen-bond acceptors (Lipinski definition) is 3. The van der Waals surface area contributed by atoms with Crippen LogP contribution in [-0.4, -0.2) is 21.4 Å². The molecule has 0 aromatic rings. The summed E-state index contributed by atoms with van der Waals surface area (Å²) in [5.74, 6) is -0.578. The van der Waals surface area contributed by atoms with E-state index < -0.39 is 6.10 Å². The van der Waals surface area contributed by atoms with Gasteiger partial charge in [0, 0.05) is 0 Å². The highest BCUT2D eigenvalue weighted by Gasteiger charge is 2.14. The van der Waals surface area contributed by atoms with E-state index in [-0.39, 0.29) is 26.4 Å². The largest absolute Gasteiger partial charge is 0.506 e. The fourth-order valence-corrected chi connectivity index (χ4v) is 0.676. The first-order valence-corrected chi connectivity index (χ1v) is 2.68. The molecule has 1 atom stereocenters. The summed E-state index contributed by atoms with van der Waals surface area (Å²) in [7, 11) is 0. The number of aliphatic hydroxyl groups is 3. The molecule has 1 rings (SSSR count). The summed E-state index contributed by atoms with van der Waals surface area (Å²) in [6.07, 6.45) is 2.41. The van der Waals surface area contributed by atoms with Gasteiger partial charge in [0.05, 0.1) is 0 Å². The molecule has 3 nitrogen and oxygen atoms in total. The summed E-state index contributed by atoms with van der Waals surface area (Å²) in [5, 5.41) is 26.3. The average molecular weight is 160 g/mol. The van der Waals surface area contributed by atoms with E-state index in [0.717, 1.165) is 0 Å². The maximum absolute atomic E-state index is 8.83. The van der Waals surface area contributed by atoms with Gasteiger partial charge >= 0.3 is 0 Å². The molecule has 1 aliphatic rings. The summed E-state index contributed by atoms with van der Waals surface area (Å²) in [6.45, 7) is 0. The van der Waals surface area contributed by atoms with Gasteiger partial charge in [0.15, 0.2) is 11.5 Å². The first-order chi connectivity index (χ1) is 4.22. The van der Waals surface area contributed by atoms with Crippen molar-refractivity contribution in [2.45, 2.75) is 27.4 Å². The zero-order valence-electron chi connectivity index (χ0n) is 4.78. The van der Waals surface area contributed by atoms with Crippen LogP contribution in [0.4, 0.5) is 0 Å². The smallest absolute Gasteiger partial charge is 0.163 e. The molecular weight excluding hydrogens is 144 g/mol. The van der Waals surface area contributed by atoms with E-state index in [1.807, 2.05) is 0 Å². The lowest BCUT2D eigenvalue weighted by atomic mass is 10.1. The zero-order chi connectivity index (χ0) is 6.85. The summed E-state index contributed by atoms with van der Waals surface area (Å²) in [4.78, 5) is 0. The van der Waals surface area contributed by atoms with Crippen LogP contribution in [0.5, 0.6) is 0 Å². The quantitative estimate of drug-likeness (QED) is 0.507. The summed E-state index contributed by atoms with van der Waals surface area (Å²) in [5.41, 5.74) is 0. The predicted molar refractivity (Wildman–Crippen MR) is 45.5 cm³/mol. The van der Waals surface area contributed by atoms with Gasteiger partial charge in [-0.05, 0) is 12.5 Å². The van der Waals surface area contributed by atoms with Crippen LogP contribution in [-0.2, 0) is 0 Å². The fraction of sp³-hybridized carbons (Fsp3) is 0.500. The third kappa shape index (κ3) is 2.63. The second-order valence-electron chi connectivity index (χ2n) is 1.92. The minimum Gasteiger partial charge on any atom is -0.506 e. The topological polar surface area (TPSA) is 60.7 Å². The van der Waals surface area contributed by atoms with Crippen LogP contribution >= 0.6 is 0 Å². The molecule has 1 unspecified atom stereocenters. The Hall–Kier alpha value is -0.960. The third-order valence-electron chi connectivity index (χ3n) is 1.21. The van der Waals surface area contributed by atoms with Crippen LogP contribution in [0.1, 0.15) is 21.3 Å². The van der Waals surface area contributed by atoms with Crippen molar-refractivity contribution in [1.82, 2.24) is 0 Å². The van der Waals surface area contributed by atoms with Crippen molar-refractivity contribution in [1.29, 1.82) is 0 Å². The maximum atomic E-state index is 8.83. The third-order valence-corrected chi connectivity index (χ3v) is 1.21. The van der Waals surface area contributed by atoms with E-state index in [1.54, 1.807) is 6.08 Å². The van der Waals surface area contributed by atoms with Crippen molar-refractivity contribution in [3.63, 3.8) is 0 Å². The summed E-state index contributed by atoms with van der Waals surface area (Å²) < 4.78 is 0. The molecule has 0 saturated heterocycles. The Morgan fingerprint density at radius 3 is 2.18 bits per heavy atom. The highest BCUT2D eigenvalue weighted by molar-refractivity contribution is 5.21. The standard InChI is InChI=1S/C6H8O3.2CH4/c7-4-2-1-3-5(8)6(4)9;;/h1-2,5,7-9H,3H2;2*1H4. The molecule has 11 heavy (non-hydrogen) atoms. The van der Waals surface area contributed by atoms with Gasteiger partial charge in [-0.25, -0.2) is 0 Å². The second kappa shape index (κ2) is 4.79. The number of allylic oxidation sites excluding steroid dienone is 1. The van der Waals surface area contributed by atoms with Gasteiger partial charge in [0.2, 0.25) is 0 Å². The van der Waals surface area contributed by atoms with Crippen molar-refractivity contribution in [2.24, 2.45) is 0 Å². The van der Waals surface area contributed by atoms with Crippen LogP contribution in [0, 0.1) is 0 Å². The normalized spacial score (nSPS) is 22.1. The SMILES string of the molecule is C.C.OC1=C(O)C(O)CC=C1. The summed E-state index contributed by atoms with van der Waals surface area (Å²) in [6, 6.07) is 0. The number of hydrogen-bond donors (Lipinski definition) is 3. The van der Waals surface area contributed by atoms with Crippen molar-refractivity contribution in [3.05, 3.63) is 23.7 Å². The molecule has 0 spiro atoms. The van der Waals surface area contributed by atoms with E-state index in [9.17, 15) is 0 Å². The second-order valence-corrected chi connectivity index (χ2v) is 1.92. The van der Waals surface area contributed by atoms with Crippen molar-refractivity contribution >= 4 is 0 Å². The lowest BCUT2D eigenvalue weighted by Gasteiger charge is -2.11.